The molecule has 0 unspecified atom stereocenters. The Bertz CT molecular complexity index is 468. The number of H-pyrrole nitrogens is 1. The third-order valence-electron chi connectivity index (χ3n) is 2.29. The van der Waals surface area contributed by atoms with E-state index >= 15 is 0 Å². The summed E-state index contributed by atoms with van der Waals surface area (Å²) < 4.78 is 33.1. The molecule has 0 bridgehead atoms. The Morgan fingerprint density at radius 3 is 2.60 bits per heavy atom. The van der Waals surface area contributed by atoms with Crippen LogP contribution in [0.2, 0.25) is 0 Å². The molecule has 1 aliphatic rings. The highest BCUT2D eigenvalue weighted by atomic mass is 19.3. The van der Waals surface area contributed by atoms with Gasteiger partial charge in [-0.05, 0) is 17.5 Å². The van der Waals surface area contributed by atoms with Gasteiger partial charge < -0.3 is 4.98 Å². The van der Waals surface area contributed by atoms with Gasteiger partial charge in [-0.2, -0.15) is 0 Å². The molecule has 78 valence electrons. The molecule has 15 heavy (non-hydrogen) atoms. The maximum atomic E-state index is 12.3. The summed E-state index contributed by atoms with van der Waals surface area (Å²) in [7, 11) is 0. The summed E-state index contributed by atoms with van der Waals surface area (Å²) in [5, 5.41) is 0.940. The van der Waals surface area contributed by atoms with Gasteiger partial charge in [-0.25, -0.2) is 0 Å². The number of fused-ring (bicyclic) bond motifs is 1. The summed E-state index contributed by atoms with van der Waals surface area (Å²) in [6, 6.07) is 9.20. The molecule has 0 amide bonds. The Morgan fingerprint density at radius 2 is 1.93 bits per heavy atom. The first-order chi connectivity index (χ1) is 7.14. The van der Waals surface area contributed by atoms with Gasteiger partial charge in [0.15, 0.2) is 0 Å². The highest BCUT2D eigenvalue weighted by Gasteiger charge is 2.50. The average molecular weight is 211 g/mol. The van der Waals surface area contributed by atoms with E-state index in [2.05, 4.69) is 14.5 Å². The molecule has 0 saturated carbocycles. The first-order valence-corrected chi connectivity index (χ1v) is 4.45. The third-order valence-corrected chi connectivity index (χ3v) is 2.29. The molecule has 1 aromatic heterocycles. The van der Waals surface area contributed by atoms with Crippen molar-refractivity contribution in [1.29, 1.82) is 0 Å². The van der Waals surface area contributed by atoms with Gasteiger partial charge in [-0.3, -0.25) is 9.47 Å². The Labute approximate surface area is 83.6 Å². The Hall–Kier alpha value is -1.46. The molecule has 3 rings (SSSR count). The molecule has 3 nitrogen and oxygen atoms in total. The van der Waals surface area contributed by atoms with Gasteiger partial charge in [0, 0.05) is 5.52 Å². The fourth-order valence-electron chi connectivity index (χ4n) is 1.61. The summed E-state index contributed by atoms with van der Waals surface area (Å²) in [6.07, 6.45) is -4.44. The van der Waals surface area contributed by atoms with E-state index in [1.165, 1.54) is 0 Å². The van der Waals surface area contributed by atoms with Crippen LogP contribution in [0.3, 0.4) is 0 Å². The molecule has 1 saturated heterocycles. The van der Waals surface area contributed by atoms with Gasteiger partial charge in [0.2, 0.25) is 6.29 Å². The van der Waals surface area contributed by atoms with Gasteiger partial charge in [0.1, 0.15) is 0 Å². The van der Waals surface area contributed by atoms with Crippen LogP contribution in [-0.2, 0) is 9.47 Å². The number of para-hydroxylation sites is 1. The summed E-state index contributed by atoms with van der Waals surface area (Å²) >= 11 is 0. The van der Waals surface area contributed by atoms with Gasteiger partial charge in [-0.15, -0.1) is 8.78 Å². The van der Waals surface area contributed by atoms with Crippen molar-refractivity contribution in [3.05, 3.63) is 36.0 Å². The van der Waals surface area contributed by atoms with E-state index < -0.39 is 12.6 Å². The predicted molar refractivity (Wildman–Crippen MR) is 48.2 cm³/mol. The lowest BCUT2D eigenvalue weighted by Crippen LogP contribution is -2.41. The van der Waals surface area contributed by atoms with Gasteiger partial charge in [0.25, 0.3) is 0 Å². The molecule has 0 atom stereocenters. The summed E-state index contributed by atoms with van der Waals surface area (Å²) in [5.74, 6) is 0. The van der Waals surface area contributed by atoms with Crippen LogP contribution in [-0.4, -0.2) is 11.3 Å². The molecule has 0 aliphatic carbocycles. The minimum atomic E-state index is -3.44. The quantitative estimate of drug-likeness (QED) is 0.786. The lowest BCUT2D eigenvalue weighted by Gasteiger charge is -2.33. The number of aromatic amines is 1. The Balaban J connectivity index is 1.93. The highest BCUT2D eigenvalue weighted by Crippen LogP contribution is 2.41. The molecule has 1 N–H and O–H groups in total. The molecule has 0 spiro atoms. The lowest BCUT2D eigenvalue weighted by atomic mass is 10.2. The second-order valence-corrected chi connectivity index (χ2v) is 3.34. The van der Waals surface area contributed by atoms with E-state index in [1.807, 2.05) is 24.3 Å². The van der Waals surface area contributed by atoms with Crippen molar-refractivity contribution in [1.82, 2.24) is 4.98 Å². The monoisotopic (exact) mass is 211 g/mol. The smallest absolute Gasteiger partial charge is 0.354 e. The van der Waals surface area contributed by atoms with Gasteiger partial charge >= 0.3 is 6.29 Å². The van der Waals surface area contributed by atoms with Crippen LogP contribution in [0.1, 0.15) is 12.0 Å². The molecule has 2 heterocycles. The maximum Gasteiger partial charge on any atom is 0.490 e. The van der Waals surface area contributed by atoms with Crippen LogP contribution >= 0.6 is 0 Å². The van der Waals surface area contributed by atoms with Crippen LogP contribution < -0.4 is 0 Å². The number of benzene rings is 1. The van der Waals surface area contributed by atoms with E-state index in [0.29, 0.717) is 5.69 Å². The van der Waals surface area contributed by atoms with Crippen LogP contribution in [0.4, 0.5) is 8.78 Å². The van der Waals surface area contributed by atoms with E-state index in [1.54, 1.807) is 6.07 Å². The average Bonchev–Trinajstić information content (AvgIpc) is 2.56. The number of ether oxygens (including phenoxy) is 2. The molecule has 5 heteroatoms. The fourth-order valence-corrected chi connectivity index (χ4v) is 1.61. The molecule has 2 aromatic rings. The topological polar surface area (TPSA) is 34.2 Å². The Kier molecular flexibility index (Phi) is 1.63. The van der Waals surface area contributed by atoms with Crippen LogP contribution in [0.25, 0.3) is 10.9 Å². The molecule has 1 aliphatic heterocycles. The standard InChI is InChI=1S/C10H7F2NO2/c11-10(12)14-9(15-10)8-5-6-3-1-2-4-7(6)13-8/h1-5,9,13H. The third kappa shape index (κ3) is 1.40. The predicted octanol–water partition coefficient (Wildman–Crippen LogP) is 2.76. The zero-order valence-corrected chi connectivity index (χ0v) is 7.54. The summed E-state index contributed by atoms with van der Waals surface area (Å²) in [4.78, 5) is 2.95. The van der Waals surface area contributed by atoms with Crippen molar-refractivity contribution in [2.75, 3.05) is 0 Å². The highest BCUT2D eigenvalue weighted by molar-refractivity contribution is 5.80. The Morgan fingerprint density at radius 1 is 1.20 bits per heavy atom. The van der Waals surface area contributed by atoms with E-state index in [-0.39, 0.29) is 0 Å². The number of hydrogen-bond acceptors (Lipinski definition) is 2. The van der Waals surface area contributed by atoms with Crippen molar-refractivity contribution in [3.8, 4) is 0 Å². The normalized spacial score (nSPS) is 20.4. The minimum absolute atomic E-state index is 0.502. The summed E-state index contributed by atoms with van der Waals surface area (Å²) in [6.45, 7) is 0. The van der Waals surface area contributed by atoms with Crippen LogP contribution in [0.5, 0.6) is 0 Å². The second-order valence-electron chi connectivity index (χ2n) is 3.34. The SMILES string of the molecule is FC1(F)OC(c2cc3ccccc3[nH]2)O1. The zero-order valence-electron chi connectivity index (χ0n) is 7.54. The minimum Gasteiger partial charge on any atom is -0.354 e. The van der Waals surface area contributed by atoms with E-state index in [9.17, 15) is 8.78 Å². The van der Waals surface area contributed by atoms with Crippen molar-refractivity contribution in [3.63, 3.8) is 0 Å². The lowest BCUT2D eigenvalue weighted by molar-refractivity contribution is -0.562. The number of alkyl halides is 2. The van der Waals surface area contributed by atoms with Crippen molar-refractivity contribution in [2.45, 2.75) is 12.6 Å². The van der Waals surface area contributed by atoms with E-state index in [4.69, 9.17) is 0 Å². The number of hydrogen-bond donors (Lipinski definition) is 1. The zero-order chi connectivity index (χ0) is 10.5. The molecular weight excluding hydrogens is 204 g/mol. The van der Waals surface area contributed by atoms with Crippen LogP contribution in [0, 0.1) is 0 Å². The van der Waals surface area contributed by atoms with E-state index in [0.717, 1.165) is 10.9 Å². The maximum absolute atomic E-state index is 12.3. The van der Waals surface area contributed by atoms with Gasteiger partial charge in [0.05, 0.1) is 5.69 Å². The number of aromatic nitrogens is 1. The molecular formula is C10H7F2NO2. The van der Waals surface area contributed by atoms with Gasteiger partial charge in [-0.1, -0.05) is 18.2 Å². The van der Waals surface area contributed by atoms with Crippen molar-refractivity contribution < 1.29 is 18.3 Å². The molecule has 1 fully saturated rings. The fraction of sp³-hybridized carbons (Fsp3) is 0.200. The van der Waals surface area contributed by atoms with Crippen molar-refractivity contribution >= 4 is 10.9 Å². The second kappa shape index (κ2) is 2.77. The largest absolute Gasteiger partial charge is 0.490 e. The van der Waals surface area contributed by atoms with Crippen molar-refractivity contribution in [2.24, 2.45) is 0 Å². The number of nitrogens with one attached hydrogen (secondary N) is 1. The first-order valence-electron chi connectivity index (χ1n) is 4.45. The molecule has 0 radical (unpaired) electrons. The summed E-state index contributed by atoms with van der Waals surface area (Å²) in [5.41, 5.74) is 1.37. The molecule has 1 aromatic carbocycles. The number of halogens is 2. The van der Waals surface area contributed by atoms with Crippen LogP contribution in [0.15, 0.2) is 30.3 Å². The number of rotatable bonds is 1. The first kappa shape index (κ1) is 8.82.